The lowest BCUT2D eigenvalue weighted by Crippen LogP contribution is -2.52. The van der Waals surface area contributed by atoms with Crippen molar-refractivity contribution in [2.75, 3.05) is 26.7 Å². The summed E-state index contributed by atoms with van der Waals surface area (Å²) in [6.45, 7) is 5.23. The molecule has 1 amide bonds. The van der Waals surface area contributed by atoms with Crippen LogP contribution in [0.2, 0.25) is 0 Å². The van der Waals surface area contributed by atoms with Crippen molar-refractivity contribution in [2.45, 2.75) is 19.5 Å². The Labute approximate surface area is 108 Å². The van der Waals surface area contributed by atoms with Crippen LogP contribution in [0.1, 0.15) is 22.8 Å². The van der Waals surface area contributed by atoms with E-state index in [4.69, 9.17) is 5.73 Å². The van der Waals surface area contributed by atoms with Crippen LogP contribution in [0, 0.1) is 0 Å². The van der Waals surface area contributed by atoms with Crippen LogP contribution >= 0.6 is 0 Å². The molecule has 1 aliphatic heterocycles. The Morgan fingerprint density at radius 2 is 2.22 bits per heavy atom. The zero-order chi connectivity index (χ0) is 13.1. The van der Waals surface area contributed by atoms with Crippen LogP contribution in [0.4, 0.5) is 0 Å². The number of nitrogens with two attached hydrogens (primary N) is 1. The van der Waals surface area contributed by atoms with Crippen molar-refractivity contribution in [1.82, 2.24) is 9.80 Å². The highest BCUT2D eigenvalue weighted by atomic mass is 16.2. The van der Waals surface area contributed by atoms with Crippen LogP contribution in [0.25, 0.3) is 0 Å². The van der Waals surface area contributed by atoms with Crippen LogP contribution in [0.5, 0.6) is 0 Å². The largest absolute Gasteiger partial charge is 0.333 e. The molecule has 4 heteroatoms. The fourth-order valence-electron chi connectivity index (χ4n) is 2.44. The van der Waals surface area contributed by atoms with E-state index in [9.17, 15) is 4.79 Å². The molecule has 1 fully saturated rings. The average molecular weight is 247 g/mol. The van der Waals surface area contributed by atoms with Crippen molar-refractivity contribution < 1.29 is 4.79 Å². The summed E-state index contributed by atoms with van der Waals surface area (Å²) in [5, 5.41) is 0. The molecule has 2 rings (SSSR count). The fourth-order valence-corrected chi connectivity index (χ4v) is 2.44. The number of carbonyl (C=O) groups is 1. The van der Waals surface area contributed by atoms with Crippen molar-refractivity contribution in [1.29, 1.82) is 0 Å². The quantitative estimate of drug-likeness (QED) is 0.845. The lowest BCUT2D eigenvalue weighted by molar-refractivity contribution is 0.0533. The number of hydrogen-bond acceptors (Lipinski definition) is 3. The number of likely N-dealkylation sites (N-methyl/N-ethyl adjacent to an activating group) is 1. The smallest absolute Gasteiger partial charge is 0.254 e. The Morgan fingerprint density at radius 3 is 2.89 bits per heavy atom. The van der Waals surface area contributed by atoms with Gasteiger partial charge in [-0.15, -0.1) is 0 Å². The van der Waals surface area contributed by atoms with Gasteiger partial charge in [-0.3, -0.25) is 4.79 Å². The average Bonchev–Trinajstić information content (AvgIpc) is 2.38. The van der Waals surface area contributed by atoms with Crippen LogP contribution in [0.15, 0.2) is 24.3 Å². The number of carbonyl (C=O) groups excluding carboxylic acids is 1. The lowest BCUT2D eigenvalue weighted by Gasteiger charge is -2.38. The van der Waals surface area contributed by atoms with Crippen molar-refractivity contribution in [3.63, 3.8) is 0 Å². The highest BCUT2D eigenvalue weighted by Crippen LogP contribution is 2.14. The van der Waals surface area contributed by atoms with Crippen molar-refractivity contribution in [2.24, 2.45) is 5.73 Å². The highest BCUT2D eigenvalue weighted by Gasteiger charge is 2.26. The van der Waals surface area contributed by atoms with E-state index < -0.39 is 0 Å². The second kappa shape index (κ2) is 5.50. The summed E-state index contributed by atoms with van der Waals surface area (Å²) in [6.07, 6.45) is 0. The SMILES string of the molecule is CC1CN(C)CCN1C(=O)c1cccc(CN)c1. The van der Waals surface area contributed by atoms with Crippen LogP contribution in [0.3, 0.4) is 0 Å². The van der Waals surface area contributed by atoms with Gasteiger partial charge in [0.2, 0.25) is 0 Å². The minimum atomic E-state index is 0.117. The molecule has 1 heterocycles. The van der Waals surface area contributed by atoms with E-state index >= 15 is 0 Å². The third-order valence-electron chi connectivity index (χ3n) is 3.50. The number of amides is 1. The Bertz CT molecular complexity index is 433. The van der Waals surface area contributed by atoms with Gasteiger partial charge in [0, 0.05) is 37.8 Å². The second-order valence-corrected chi connectivity index (χ2v) is 5.01. The summed E-state index contributed by atoms with van der Waals surface area (Å²) < 4.78 is 0. The molecule has 1 aliphatic rings. The molecule has 2 N–H and O–H groups in total. The van der Waals surface area contributed by atoms with E-state index in [1.54, 1.807) is 0 Å². The maximum absolute atomic E-state index is 12.5. The Balaban J connectivity index is 2.15. The van der Waals surface area contributed by atoms with Gasteiger partial charge in [-0.2, -0.15) is 0 Å². The third-order valence-corrected chi connectivity index (χ3v) is 3.50. The molecule has 18 heavy (non-hydrogen) atoms. The van der Waals surface area contributed by atoms with Crippen molar-refractivity contribution in [3.05, 3.63) is 35.4 Å². The molecule has 0 bridgehead atoms. The van der Waals surface area contributed by atoms with Gasteiger partial charge in [0.15, 0.2) is 0 Å². The molecule has 0 aliphatic carbocycles. The Hall–Kier alpha value is -1.39. The first-order valence-corrected chi connectivity index (χ1v) is 6.40. The predicted octanol–water partition coefficient (Wildman–Crippen LogP) is 0.921. The maximum atomic E-state index is 12.5. The van der Waals surface area contributed by atoms with Crippen LogP contribution in [-0.2, 0) is 6.54 Å². The molecular weight excluding hydrogens is 226 g/mol. The van der Waals surface area contributed by atoms with Gasteiger partial charge >= 0.3 is 0 Å². The molecule has 4 nitrogen and oxygen atoms in total. The van der Waals surface area contributed by atoms with Gasteiger partial charge < -0.3 is 15.5 Å². The highest BCUT2D eigenvalue weighted by molar-refractivity contribution is 5.94. The van der Waals surface area contributed by atoms with E-state index in [-0.39, 0.29) is 11.9 Å². The number of nitrogens with zero attached hydrogens (tertiary/aromatic N) is 2. The molecule has 1 saturated heterocycles. The summed E-state index contributed by atoms with van der Waals surface area (Å²) in [4.78, 5) is 16.7. The van der Waals surface area contributed by atoms with E-state index in [0.717, 1.165) is 30.8 Å². The topological polar surface area (TPSA) is 49.6 Å². The summed E-state index contributed by atoms with van der Waals surface area (Å²) in [6, 6.07) is 7.87. The minimum absolute atomic E-state index is 0.117. The van der Waals surface area contributed by atoms with Gasteiger partial charge in [0.25, 0.3) is 5.91 Å². The first kappa shape index (κ1) is 13.1. The molecular formula is C14H21N3O. The number of hydrogen-bond donors (Lipinski definition) is 1. The number of benzene rings is 1. The maximum Gasteiger partial charge on any atom is 0.254 e. The van der Waals surface area contributed by atoms with E-state index in [1.807, 2.05) is 29.2 Å². The molecule has 0 saturated carbocycles. The standard InChI is InChI=1S/C14H21N3O/c1-11-10-16(2)6-7-17(11)14(18)13-5-3-4-12(8-13)9-15/h3-5,8,11H,6-7,9-10,15H2,1-2H3. The second-order valence-electron chi connectivity index (χ2n) is 5.01. The third kappa shape index (κ3) is 2.71. The predicted molar refractivity (Wildman–Crippen MR) is 72.3 cm³/mol. The number of rotatable bonds is 2. The summed E-state index contributed by atoms with van der Waals surface area (Å²) in [5.41, 5.74) is 7.36. The molecule has 0 radical (unpaired) electrons. The molecule has 1 aromatic rings. The van der Waals surface area contributed by atoms with E-state index in [1.165, 1.54) is 0 Å². The van der Waals surface area contributed by atoms with Crippen molar-refractivity contribution in [3.8, 4) is 0 Å². The van der Waals surface area contributed by atoms with E-state index in [0.29, 0.717) is 6.54 Å². The van der Waals surface area contributed by atoms with Gasteiger partial charge in [-0.1, -0.05) is 12.1 Å². The van der Waals surface area contributed by atoms with E-state index in [2.05, 4.69) is 18.9 Å². The molecule has 98 valence electrons. The number of piperazine rings is 1. The lowest BCUT2D eigenvalue weighted by atomic mass is 10.1. The minimum Gasteiger partial charge on any atom is -0.333 e. The van der Waals surface area contributed by atoms with Crippen LogP contribution < -0.4 is 5.73 Å². The van der Waals surface area contributed by atoms with Gasteiger partial charge in [0.1, 0.15) is 0 Å². The summed E-state index contributed by atoms with van der Waals surface area (Å²) >= 11 is 0. The zero-order valence-corrected chi connectivity index (χ0v) is 11.1. The Morgan fingerprint density at radius 1 is 1.44 bits per heavy atom. The first-order valence-electron chi connectivity index (χ1n) is 6.40. The molecule has 0 aromatic heterocycles. The van der Waals surface area contributed by atoms with Gasteiger partial charge in [0.05, 0.1) is 0 Å². The first-order chi connectivity index (χ1) is 8.61. The molecule has 0 spiro atoms. The van der Waals surface area contributed by atoms with Gasteiger partial charge in [-0.05, 0) is 31.7 Å². The normalized spacial score (nSPS) is 21.1. The van der Waals surface area contributed by atoms with Crippen molar-refractivity contribution >= 4 is 5.91 Å². The molecule has 1 aromatic carbocycles. The Kier molecular flexibility index (Phi) is 3.99. The van der Waals surface area contributed by atoms with Crippen LogP contribution in [-0.4, -0.2) is 48.4 Å². The summed E-state index contributed by atoms with van der Waals surface area (Å²) in [5.74, 6) is 0.117. The molecule has 1 atom stereocenters. The molecule has 1 unspecified atom stereocenters. The van der Waals surface area contributed by atoms with Gasteiger partial charge in [-0.25, -0.2) is 0 Å². The monoisotopic (exact) mass is 247 g/mol. The summed E-state index contributed by atoms with van der Waals surface area (Å²) in [7, 11) is 2.09. The zero-order valence-electron chi connectivity index (χ0n) is 11.1. The fraction of sp³-hybridized carbons (Fsp3) is 0.500.